The third-order valence-corrected chi connectivity index (χ3v) is 2.81. The van der Waals surface area contributed by atoms with E-state index in [0.29, 0.717) is 5.02 Å². The summed E-state index contributed by atoms with van der Waals surface area (Å²) in [5.74, 6) is 0.0692. The molecule has 1 aromatic carbocycles. The molecule has 1 aromatic rings. The fourth-order valence-electron chi connectivity index (χ4n) is 1.89. The second kappa shape index (κ2) is 6.50. The van der Waals surface area contributed by atoms with Crippen LogP contribution in [0.25, 0.3) is 0 Å². The van der Waals surface area contributed by atoms with Crippen molar-refractivity contribution in [3.63, 3.8) is 0 Å². The molecule has 3 nitrogen and oxygen atoms in total. The van der Waals surface area contributed by atoms with Gasteiger partial charge in [0.05, 0.1) is 0 Å². The van der Waals surface area contributed by atoms with E-state index >= 15 is 0 Å². The summed E-state index contributed by atoms with van der Waals surface area (Å²) in [4.78, 5) is 2.26. The van der Waals surface area contributed by atoms with Crippen LogP contribution in [0.15, 0.2) is 18.2 Å². The van der Waals surface area contributed by atoms with Gasteiger partial charge in [-0.2, -0.15) is 0 Å². The van der Waals surface area contributed by atoms with Crippen LogP contribution in [0.4, 0.5) is 5.69 Å². The normalized spacial score (nSPS) is 10.3. The number of nitrogen functional groups attached to an aromatic ring is 1. The Hall–Kier alpha value is -1.22. The van der Waals surface area contributed by atoms with E-state index in [0.717, 1.165) is 37.2 Å². The van der Waals surface area contributed by atoms with Crippen molar-refractivity contribution in [3.8, 4) is 0 Å². The molecule has 0 aromatic heterocycles. The van der Waals surface area contributed by atoms with Crippen molar-refractivity contribution in [1.29, 1.82) is 5.41 Å². The highest BCUT2D eigenvalue weighted by atomic mass is 35.5. The van der Waals surface area contributed by atoms with Crippen LogP contribution in [-0.2, 0) is 0 Å². The molecule has 0 aliphatic heterocycles. The number of rotatable bonds is 6. The highest BCUT2D eigenvalue weighted by Gasteiger charge is 2.12. The highest BCUT2D eigenvalue weighted by Crippen LogP contribution is 2.24. The summed E-state index contributed by atoms with van der Waals surface area (Å²) in [5.41, 5.74) is 7.34. The molecule has 0 amide bonds. The van der Waals surface area contributed by atoms with Gasteiger partial charge in [-0.05, 0) is 31.0 Å². The first-order chi connectivity index (χ1) is 8.10. The SMILES string of the molecule is CCCN(CCC)c1ccc(Cl)cc1C(=N)N. The zero-order valence-electron chi connectivity index (χ0n) is 10.5. The number of amidine groups is 1. The Morgan fingerprint density at radius 2 is 1.88 bits per heavy atom. The van der Waals surface area contributed by atoms with E-state index in [1.165, 1.54) is 0 Å². The van der Waals surface area contributed by atoms with E-state index in [4.69, 9.17) is 22.7 Å². The average Bonchev–Trinajstić information content (AvgIpc) is 2.28. The molecular formula is C13H20ClN3. The van der Waals surface area contributed by atoms with Gasteiger partial charge >= 0.3 is 0 Å². The zero-order chi connectivity index (χ0) is 12.8. The van der Waals surface area contributed by atoms with E-state index in [1.807, 2.05) is 12.1 Å². The van der Waals surface area contributed by atoms with Crippen LogP contribution < -0.4 is 10.6 Å². The number of nitrogens with two attached hydrogens (primary N) is 1. The Morgan fingerprint density at radius 3 is 2.35 bits per heavy atom. The minimum atomic E-state index is 0.0692. The lowest BCUT2D eigenvalue weighted by atomic mass is 10.1. The molecule has 0 bridgehead atoms. The maximum Gasteiger partial charge on any atom is 0.124 e. The first-order valence-electron chi connectivity index (χ1n) is 5.99. The predicted octanol–water partition coefficient (Wildman–Crippen LogP) is 3.25. The molecule has 0 aliphatic carbocycles. The molecule has 0 radical (unpaired) electrons. The molecule has 1 rings (SSSR count). The third-order valence-electron chi connectivity index (χ3n) is 2.58. The van der Waals surface area contributed by atoms with Crippen molar-refractivity contribution in [2.75, 3.05) is 18.0 Å². The molecule has 3 N–H and O–H groups in total. The van der Waals surface area contributed by atoms with Gasteiger partial charge in [0.2, 0.25) is 0 Å². The molecule has 94 valence electrons. The molecule has 0 spiro atoms. The van der Waals surface area contributed by atoms with Crippen molar-refractivity contribution < 1.29 is 0 Å². The van der Waals surface area contributed by atoms with Crippen molar-refractivity contribution >= 4 is 23.1 Å². The van der Waals surface area contributed by atoms with Crippen LogP contribution in [0.5, 0.6) is 0 Å². The molecule has 0 atom stereocenters. The van der Waals surface area contributed by atoms with E-state index in [2.05, 4.69) is 18.7 Å². The number of halogens is 1. The highest BCUT2D eigenvalue weighted by molar-refractivity contribution is 6.31. The van der Waals surface area contributed by atoms with Crippen molar-refractivity contribution in [2.24, 2.45) is 5.73 Å². The predicted molar refractivity (Wildman–Crippen MR) is 75.3 cm³/mol. The maximum atomic E-state index is 7.62. The number of anilines is 1. The van der Waals surface area contributed by atoms with Gasteiger partial charge in [0, 0.05) is 29.4 Å². The molecule has 0 heterocycles. The maximum absolute atomic E-state index is 7.62. The van der Waals surface area contributed by atoms with Crippen LogP contribution in [0.1, 0.15) is 32.3 Å². The summed E-state index contributed by atoms with van der Waals surface area (Å²) in [6.45, 7) is 6.23. The van der Waals surface area contributed by atoms with Crippen molar-refractivity contribution in [1.82, 2.24) is 0 Å². The van der Waals surface area contributed by atoms with Crippen LogP contribution in [0.2, 0.25) is 5.02 Å². The first kappa shape index (κ1) is 13.8. The molecule has 0 fully saturated rings. The molecule has 0 unspecified atom stereocenters. The quantitative estimate of drug-likeness (QED) is 0.604. The van der Waals surface area contributed by atoms with E-state index in [1.54, 1.807) is 6.07 Å². The summed E-state index contributed by atoms with van der Waals surface area (Å²) in [7, 11) is 0. The molecule has 4 heteroatoms. The minimum absolute atomic E-state index is 0.0692. The number of hydrogen-bond donors (Lipinski definition) is 2. The summed E-state index contributed by atoms with van der Waals surface area (Å²) in [6.07, 6.45) is 2.14. The van der Waals surface area contributed by atoms with Crippen molar-refractivity contribution in [3.05, 3.63) is 28.8 Å². The number of nitrogens with zero attached hydrogens (tertiary/aromatic N) is 1. The van der Waals surface area contributed by atoms with Crippen molar-refractivity contribution in [2.45, 2.75) is 26.7 Å². The Kier molecular flexibility index (Phi) is 5.29. The largest absolute Gasteiger partial charge is 0.384 e. The lowest BCUT2D eigenvalue weighted by molar-refractivity contribution is 0.744. The summed E-state index contributed by atoms with van der Waals surface area (Å²) < 4.78 is 0. The molecule has 17 heavy (non-hydrogen) atoms. The number of nitrogens with one attached hydrogen (secondary N) is 1. The fourth-order valence-corrected chi connectivity index (χ4v) is 2.06. The Bertz CT molecular complexity index is 384. The van der Waals surface area contributed by atoms with E-state index < -0.39 is 0 Å². The van der Waals surface area contributed by atoms with E-state index in [9.17, 15) is 0 Å². The van der Waals surface area contributed by atoms with E-state index in [-0.39, 0.29) is 5.84 Å². The standard InChI is InChI=1S/C13H20ClN3/c1-3-7-17(8-4-2)12-6-5-10(14)9-11(12)13(15)16/h5-6,9H,3-4,7-8H2,1-2H3,(H3,15,16). The first-order valence-corrected chi connectivity index (χ1v) is 6.36. The van der Waals surface area contributed by atoms with Gasteiger partial charge in [-0.15, -0.1) is 0 Å². The lowest BCUT2D eigenvalue weighted by Crippen LogP contribution is -2.28. The minimum Gasteiger partial charge on any atom is -0.384 e. The molecule has 0 saturated heterocycles. The van der Waals surface area contributed by atoms with Gasteiger partial charge in [0.25, 0.3) is 0 Å². The molecule has 0 aliphatic rings. The Morgan fingerprint density at radius 1 is 1.29 bits per heavy atom. The summed E-state index contributed by atoms with van der Waals surface area (Å²) >= 11 is 5.95. The zero-order valence-corrected chi connectivity index (χ0v) is 11.2. The second-order valence-corrected chi connectivity index (χ2v) is 4.50. The van der Waals surface area contributed by atoms with Crippen LogP contribution in [-0.4, -0.2) is 18.9 Å². The van der Waals surface area contributed by atoms with Gasteiger partial charge in [-0.3, -0.25) is 5.41 Å². The summed E-state index contributed by atoms with van der Waals surface area (Å²) in [5, 5.41) is 8.24. The lowest BCUT2D eigenvalue weighted by Gasteiger charge is -2.26. The van der Waals surface area contributed by atoms with Gasteiger partial charge in [0.1, 0.15) is 5.84 Å². The Labute approximate surface area is 108 Å². The van der Waals surface area contributed by atoms with Crippen LogP contribution in [0.3, 0.4) is 0 Å². The number of hydrogen-bond acceptors (Lipinski definition) is 2. The molecular weight excluding hydrogens is 234 g/mol. The second-order valence-electron chi connectivity index (χ2n) is 4.06. The van der Waals surface area contributed by atoms with Gasteiger partial charge in [0.15, 0.2) is 0 Å². The third kappa shape index (κ3) is 3.63. The monoisotopic (exact) mass is 253 g/mol. The summed E-state index contributed by atoms with van der Waals surface area (Å²) in [6, 6.07) is 5.56. The smallest absolute Gasteiger partial charge is 0.124 e. The van der Waals surface area contributed by atoms with Gasteiger partial charge in [-0.1, -0.05) is 25.4 Å². The topological polar surface area (TPSA) is 53.1 Å². The van der Waals surface area contributed by atoms with Gasteiger partial charge in [-0.25, -0.2) is 0 Å². The average molecular weight is 254 g/mol. The Balaban J connectivity index is 3.12. The fraction of sp³-hybridized carbons (Fsp3) is 0.462. The number of benzene rings is 1. The van der Waals surface area contributed by atoms with Crippen LogP contribution in [0, 0.1) is 5.41 Å². The van der Waals surface area contributed by atoms with Gasteiger partial charge < -0.3 is 10.6 Å². The van der Waals surface area contributed by atoms with Crippen LogP contribution >= 0.6 is 11.6 Å². The molecule has 0 saturated carbocycles.